The summed E-state index contributed by atoms with van der Waals surface area (Å²) in [6.45, 7) is 0.892. The van der Waals surface area contributed by atoms with Crippen LogP contribution in [0.2, 0.25) is 0 Å². The van der Waals surface area contributed by atoms with Gasteiger partial charge in [0.15, 0.2) is 0 Å². The van der Waals surface area contributed by atoms with Gasteiger partial charge in [0.25, 0.3) is 0 Å². The molecule has 2 aromatic rings. The molecule has 0 atom stereocenters. The van der Waals surface area contributed by atoms with Crippen molar-refractivity contribution in [2.45, 2.75) is 13.0 Å². The molecule has 0 fully saturated rings. The summed E-state index contributed by atoms with van der Waals surface area (Å²) in [6, 6.07) is 8.29. The summed E-state index contributed by atoms with van der Waals surface area (Å²) in [5, 5.41) is 7.44. The zero-order valence-corrected chi connectivity index (χ0v) is 13.1. The quantitative estimate of drug-likeness (QED) is 0.842. The van der Waals surface area contributed by atoms with Crippen molar-refractivity contribution in [2.24, 2.45) is 0 Å². The number of amides is 2. The third-order valence-corrected chi connectivity index (χ3v) is 4.38. The number of rotatable bonds is 5. The molecule has 3 nitrogen and oxygen atoms in total. The van der Waals surface area contributed by atoms with Crippen LogP contribution in [-0.2, 0) is 13.0 Å². The Labute approximate surface area is 129 Å². The molecule has 0 unspecified atom stereocenters. The number of carbonyl (C=O) groups is 1. The summed E-state index contributed by atoms with van der Waals surface area (Å²) in [6.07, 6.45) is 0.477. The van der Waals surface area contributed by atoms with Gasteiger partial charge in [-0.1, -0.05) is 18.2 Å². The van der Waals surface area contributed by atoms with Gasteiger partial charge in [0, 0.05) is 21.3 Å². The SMILES string of the molecule is O=C(NCCc1ccccc1F)NCc1cc(Br)cs1. The molecule has 1 heterocycles. The highest BCUT2D eigenvalue weighted by molar-refractivity contribution is 9.10. The number of urea groups is 1. The van der Waals surface area contributed by atoms with Gasteiger partial charge in [0.1, 0.15) is 5.82 Å². The molecule has 2 N–H and O–H groups in total. The lowest BCUT2D eigenvalue weighted by Crippen LogP contribution is -2.36. The van der Waals surface area contributed by atoms with Crippen molar-refractivity contribution in [2.75, 3.05) is 6.54 Å². The van der Waals surface area contributed by atoms with Gasteiger partial charge >= 0.3 is 6.03 Å². The highest BCUT2D eigenvalue weighted by atomic mass is 79.9. The number of benzene rings is 1. The molecule has 1 aromatic heterocycles. The van der Waals surface area contributed by atoms with Crippen LogP contribution >= 0.6 is 27.3 Å². The maximum Gasteiger partial charge on any atom is 0.315 e. The summed E-state index contributed by atoms with van der Waals surface area (Å²) in [5.41, 5.74) is 0.606. The minimum absolute atomic E-state index is 0.238. The van der Waals surface area contributed by atoms with E-state index < -0.39 is 0 Å². The molecule has 0 saturated heterocycles. The molecule has 0 aliphatic carbocycles. The lowest BCUT2D eigenvalue weighted by atomic mass is 10.1. The van der Waals surface area contributed by atoms with Crippen molar-refractivity contribution in [1.29, 1.82) is 0 Å². The normalized spacial score (nSPS) is 10.3. The third-order valence-electron chi connectivity index (χ3n) is 2.68. The van der Waals surface area contributed by atoms with Crippen LogP contribution in [0.3, 0.4) is 0 Å². The van der Waals surface area contributed by atoms with Crippen LogP contribution in [0.25, 0.3) is 0 Å². The fourth-order valence-corrected chi connectivity index (χ4v) is 3.08. The van der Waals surface area contributed by atoms with Crippen LogP contribution in [0.15, 0.2) is 40.2 Å². The van der Waals surface area contributed by atoms with Crippen LogP contribution in [0, 0.1) is 5.82 Å². The Morgan fingerprint density at radius 3 is 2.80 bits per heavy atom. The van der Waals surface area contributed by atoms with Crippen LogP contribution < -0.4 is 10.6 Å². The molecule has 2 rings (SSSR count). The van der Waals surface area contributed by atoms with E-state index in [9.17, 15) is 9.18 Å². The average Bonchev–Trinajstić information content (AvgIpc) is 2.84. The number of thiophene rings is 1. The standard InChI is InChI=1S/C14H14BrFN2OS/c15-11-7-12(20-9-11)8-18-14(19)17-6-5-10-3-1-2-4-13(10)16/h1-4,7,9H,5-6,8H2,(H2,17,18,19). The first-order valence-corrected chi connectivity index (χ1v) is 7.80. The van der Waals surface area contributed by atoms with E-state index in [4.69, 9.17) is 0 Å². The lowest BCUT2D eigenvalue weighted by Gasteiger charge is -2.07. The van der Waals surface area contributed by atoms with Gasteiger partial charge in [-0.05, 0) is 40.0 Å². The van der Waals surface area contributed by atoms with Gasteiger partial charge in [-0.3, -0.25) is 0 Å². The third kappa shape index (κ3) is 4.61. The van der Waals surface area contributed by atoms with E-state index in [1.54, 1.807) is 29.5 Å². The zero-order chi connectivity index (χ0) is 14.4. The van der Waals surface area contributed by atoms with Crippen LogP contribution in [-0.4, -0.2) is 12.6 Å². The van der Waals surface area contributed by atoms with Crippen molar-refractivity contribution in [3.8, 4) is 0 Å². The molecule has 0 saturated carbocycles. The van der Waals surface area contributed by atoms with Gasteiger partial charge in [-0.15, -0.1) is 11.3 Å². The second kappa shape index (κ2) is 7.40. The van der Waals surface area contributed by atoms with Crippen LogP contribution in [0.4, 0.5) is 9.18 Å². The first-order valence-electron chi connectivity index (χ1n) is 6.13. The number of hydrogen-bond acceptors (Lipinski definition) is 2. The number of halogens is 2. The first kappa shape index (κ1) is 15.0. The number of hydrogen-bond donors (Lipinski definition) is 2. The molecular weight excluding hydrogens is 343 g/mol. The molecule has 2 amide bonds. The molecule has 106 valence electrons. The fourth-order valence-electron chi connectivity index (χ4n) is 1.69. The Bertz CT molecular complexity index is 588. The first-order chi connectivity index (χ1) is 9.65. The Kier molecular flexibility index (Phi) is 5.55. The van der Waals surface area contributed by atoms with Gasteiger partial charge in [0.05, 0.1) is 6.54 Å². The molecule has 0 aliphatic heterocycles. The maximum absolute atomic E-state index is 13.4. The van der Waals surface area contributed by atoms with Gasteiger partial charge in [-0.25, -0.2) is 9.18 Å². The summed E-state index contributed by atoms with van der Waals surface area (Å²) in [4.78, 5) is 12.6. The Balaban J connectivity index is 1.69. The minimum atomic E-state index is -0.245. The highest BCUT2D eigenvalue weighted by Gasteiger charge is 2.04. The Hall–Kier alpha value is -1.40. The predicted molar refractivity (Wildman–Crippen MR) is 82.4 cm³/mol. The van der Waals surface area contributed by atoms with E-state index >= 15 is 0 Å². The lowest BCUT2D eigenvalue weighted by molar-refractivity contribution is 0.240. The van der Waals surface area contributed by atoms with Crippen molar-refractivity contribution >= 4 is 33.3 Å². The average molecular weight is 357 g/mol. The van der Waals surface area contributed by atoms with Crippen molar-refractivity contribution in [3.63, 3.8) is 0 Å². The number of carbonyl (C=O) groups excluding carboxylic acids is 1. The molecule has 0 spiro atoms. The van der Waals surface area contributed by atoms with Crippen molar-refractivity contribution < 1.29 is 9.18 Å². The fraction of sp³-hybridized carbons (Fsp3) is 0.214. The monoisotopic (exact) mass is 356 g/mol. The van der Waals surface area contributed by atoms with E-state index in [0.29, 0.717) is 25.1 Å². The Morgan fingerprint density at radius 2 is 2.10 bits per heavy atom. The van der Waals surface area contributed by atoms with E-state index in [-0.39, 0.29) is 11.8 Å². The summed E-state index contributed by atoms with van der Waals surface area (Å²) in [7, 11) is 0. The minimum Gasteiger partial charge on any atom is -0.338 e. The molecule has 0 bridgehead atoms. The topological polar surface area (TPSA) is 41.1 Å². The highest BCUT2D eigenvalue weighted by Crippen LogP contribution is 2.19. The zero-order valence-electron chi connectivity index (χ0n) is 10.7. The van der Waals surface area contributed by atoms with Gasteiger partial charge in [0.2, 0.25) is 0 Å². The summed E-state index contributed by atoms with van der Waals surface area (Å²) < 4.78 is 14.4. The molecule has 0 radical (unpaired) electrons. The largest absolute Gasteiger partial charge is 0.338 e. The van der Waals surface area contributed by atoms with E-state index in [1.165, 1.54) is 6.07 Å². The summed E-state index contributed by atoms with van der Waals surface area (Å²) >= 11 is 4.94. The molecule has 1 aromatic carbocycles. The predicted octanol–water partition coefficient (Wildman–Crippen LogP) is 3.69. The Morgan fingerprint density at radius 1 is 1.30 bits per heavy atom. The smallest absolute Gasteiger partial charge is 0.315 e. The summed E-state index contributed by atoms with van der Waals surface area (Å²) in [5.74, 6) is -0.238. The van der Waals surface area contributed by atoms with Crippen molar-refractivity contribution in [3.05, 3.63) is 56.4 Å². The second-order valence-corrected chi connectivity index (χ2v) is 6.09. The van der Waals surface area contributed by atoms with E-state index in [1.807, 2.05) is 11.4 Å². The number of nitrogens with one attached hydrogen (secondary N) is 2. The van der Waals surface area contributed by atoms with E-state index in [0.717, 1.165) is 9.35 Å². The van der Waals surface area contributed by atoms with Crippen LogP contribution in [0.1, 0.15) is 10.4 Å². The van der Waals surface area contributed by atoms with Crippen LogP contribution in [0.5, 0.6) is 0 Å². The molecular formula is C14H14BrFN2OS. The van der Waals surface area contributed by atoms with Gasteiger partial charge in [-0.2, -0.15) is 0 Å². The van der Waals surface area contributed by atoms with Gasteiger partial charge < -0.3 is 10.6 Å². The molecule has 6 heteroatoms. The molecule has 20 heavy (non-hydrogen) atoms. The van der Waals surface area contributed by atoms with E-state index in [2.05, 4.69) is 26.6 Å². The molecule has 0 aliphatic rings. The van der Waals surface area contributed by atoms with Crippen molar-refractivity contribution in [1.82, 2.24) is 10.6 Å². The maximum atomic E-state index is 13.4. The second-order valence-electron chi connectivity index (χ2n) is 4.18.